The average molecular weight is 337 g/mol. The van der Waals surface area contributed by atoms with Gasteiger partial charge in [0, 0.05) is 22.3 Å². The van der Waals surface area contributed by atoms with Gasteiger partial charge in [-0.1, -0.05) is 23.7 Å². The van der Waals surface area contributed by atoms with Crippen LogP contribution in [0.25, 0.3) is 10.9 Å². The number of para-hydroxylation sites is 1. The Morgan fingerprint density at radius 1 is 0.875 bits per heavy atom. The van der Waals surface area contributed by atoms with Crippen LogP contribution in [0.3, 0.4) is 0 Å². The smallest absolute Gasteiger partial charge is 0.229 e. The molecule has 0 unspecified atom stereocenters. The quantitative estimate of drug-likeness (QED) is 0.511. The molecule has 7 heteroatoms. The van der Waals surface area contributed by atoms with E-state index in [0.717, 1.165) is 22.3 Å². The zero-order valence-corrected chi connectivity index (χ0v) is 13.2. The number of hydrogen-bond donors (Lipinski definition) is 3. The molecule has 24 heavy (non-hydrogen) atoms. The fourth-order valence-electron chi connectivity index (χ4n) is 2.35. The van der Waals surface area contributed by atoms with E-state index in [-0.39, 0.29) is 0 Å². The summed E-state index contributed by atoms with van der Waals surface area (Å²) in [6.07, 6.45) is 3.41. The van der Waals surface area contributed by atoms with Gasteiger partial charge in [-0.25, -0.2) is 4.98 Å². The maximum absolute atomic E-state index is 5.94. The van der Waals surface area contributed by atoms with Gasteiger partial charge in [-0.15, -0.1) is 0 Å². The molecule has 2 aromatic heterocycles. The maximum Gasteiger partial charge on any atom is 0.229 e. The van der Waals surface area contributed by atoms with E-state index in [4.69, 9.17) is 11.6 Å². The van der Waals surface area contributed by atoms with E-state index in [0.29, 0.717) is 16.8 Å². The van der Waals surface area contributed by atoms with Gasteiger partial charge in [0.15, 0.2) is 0 Å². The maximum atomic E-state index is 5.94. The molecule has 0 bridgehead atoms. The number of aromatic amines is 1. The highest BCUT2D eigenvalue weighted by molar-refractivity contribution is 6.30. The third-order valence-electron chi connectivity index (χ3n) is 3.46. The van der Waals surface area contributed by atoms with Crippen molar-refractivity contribution in [2.24, 2.45) is 0 Å². The summed E-state index contributed by atoms with van der Waals surface area (Å²) in [4.78, 5) is 9.13. The Kier molecular flexibility index (Phi) is 3.72. The summed E-state index contributed by atoms with van der Waals surface area (Å²) < 4.78 is 0. The highest BCUT2D eigenvalue weighted by Gasteiger charge is 2.08. The minimum Gasteiger partial charge on any atom is -0.340 e. The van der Waals surface area contributed by atoms with Crippen LogP contribution in [0.4, 0.5) is 23.1 Å². The molecule has 4 rings (SSSR count). The molecule has 0 spiro atoms. The van der Waals surface area contributed by atoms with E-state index in [9.17, 15) is 0 Å². The zero-order valence-electron chi connectivity index (χ0n) is 12.5. The Morgan fingerprint density at radius 3 is 2.50 bits per heavy atom. The summed E-state index contributed by atoms with van der Waals surface area (Å²) in [6, 6.07) is 15.3. The number of anilines is 4. The van der Waals surface area contributed by atoms with Crippen LogP contribution >= 0.6 is 11.6 Å². The Morgan fingerprint density at radius 2 is 1.71 bits per heavy atom. The minimum atomic E-state index is 0.492. The van der Waals surface area contributed by atoms with Gasteiger partial charge in [0.25, 0.3) is 0 Å². The molecule has 0 aliphatic heterocycles. The van der Waals surface area contributed by atoms with Crippen LogP contribution in [0.5, 0.6) is 0 Å². The van der Waals surface area contributed by atoms with Crippen molar-refractivity contribution < 1.29 is 0 Å². The highest BCUT2D eigenvalue weighted by Crippen LogP contribution is 2.26. The molecule has 0 aliphatic rings. The topological polar surface area (TPSA) is 78.5 Å². The van der Waals surface area contributed by atoms with Crippen LogP contribution in [0.1, 0.15) is 0 Å². The average Bonchev–Trinajstić information content (AvgIpc) is 3.10. The number of H-pyrrole nitrogens is 1. The van der Waals surface area contributed by atoms with Gasteiger partial charge in [-0.3, -0.25) is 5.10 Å². The number of halogens is 1. The van der Waals surface area contributed by atoms with E-state index in [1.165, 1.54) is 0 Å². The van der Waals surface area contributed by atoms with Gasteiger partial charge in [-0.2, -0.15) is 10.1 Å². The first kappa shape index (κ1) is 14.5. The van der Waals surface area contributed by atoms with Gasteiger partial charge < -0.3 is 10.6 Å². The van der Waals surface area contributed by atoms with E-state index in [2.05, 4.69) is 30.8 Å². The summed E-state index contributed by atoms with van der Waals surface area (Å²) in [5.74, 6) is 1.21. The molecule has 0 radical (unpaired) electrons. The minimum absolute atomic E-state index is 0.492. The van der Waals surface area contributed by atoms with Crippen molar-refractivity contribution in [1.82, 2.24) is 20.2 Å². The number of hydrogen-bond acceptors (Lipinski definition) is 5. The number of nitrogens with one attached hydrogen (secondary N) is 3. The molecule has 0 fully saturated rings. The van der Waals surface area contributed by atoms with Crippen molar-refractivity contribution in [3.63, 3.8) is 0 Å². The lowest BCUT2D eigenvalue weighted by Gasteiger charge is -2.11. The molecule has 0 saturated carbocycles. The Hall–Kier alpha value is -3.12. The predicted octanol–water partition coefficient (Wildman–Crippen LogP) is 4.49. The van der Waals surface area contributed by atoms with Crippen LogP contribution in [0.2, 0.25) is 5.02 Å². The lowest BCUT2D eigenvalue weighted by molar-refractivity contribution is 1.09. The van der Waals surface area contributed by atoms with Crippen molar-refractivity contribution in [3.05, 3.63) is 65.9 Å². The largest absolute Gasteiger partial charge is 0.340 e. The number of aromatic nitrogens is 4. The number of nitrogens with zero attached hydrogens (tertiary/aromatic N) is 3. The fraction of sp³-hybridized carbons (Fsp3) is 0. The number of fused-ring (bicyclic) bond motifs is 1. The van der Waals surface area contributed by atoms with E-state index >= 15 is 0 Å². The summed E-state index contributed by atoms with van der Waals surface area (Å²) in [6.45, 7) is 0. The molecule has 118 valence electrons. The third kappa shape index (κ3) is 3.00. The molecule has 0 aliphatic carbocycles. The van der Waals surface area contributed by atoms with Crippen molar-refractivity contribution in [2.75, 3.05) is 10.6 Å². The Balaban J connectivity index is 1.75. The van der Waals surface area contributed by atoms with Crippen LogP contribution in [-0.2, 0) is 0 Å². The van der Waals surface area contributed by atoms with E-state index < -0.39 is 0 Å². The third-order valence-corrected chi connectivity index (χ3v) is 3.72. The van der Waals surface area contributed by atoms with Gasteiger partial charge >= 0.3 is 0 Å². The fourth-order valence-corrected chi connectivity index (χ4v) is 2.47. The normalized spacial score (nSPS) is 10.7. The molecule has 4 aromatic rings. The van der Waals surface area contributed by atoms with Crippen molar-refractivity contribution in [3.8, 4) is 0 Å². The van der Waals surface area contributed by atoms with E-state index in [1.54, 1.807) is 12.4 Å². The zero-order chi connectivity index (χ0) is 16.4. The van der Waals surface area contributed by atoms with Crippen molar-refractivity contribution in [1.29, 1.82) is 0 Å². The first-order valence-corrected chi connectivity index (χ1v) is 7.71. The second-order valence-corrected chi connectivity index (χ2v) is 5.59. The lowest BCUT2D eigenvalue weighted by atomic mass is 10.2. The van der Waals surface area contributed by atoms with Gasteiger partial charge in [0.05, 0.1) is 17.4 Å². The van der Waals surface area contributed by atoms with Gasteiger partial charge in [-0.05, 0) is 36.4 Å². The molecular weight excluding hydrogens is 324 g/mol. The standard InChI is InChI=1S/C17H13ClN6/c18-11-5-7-12(8-6-11)21-16-14-3-1-2-4-15(14)23-17(24-16)22-13-9-19-20-10-13/h1-10H,(H,19,20)(H2,21,22,23,24). The molecule has 3 N–H and O–H groups in total. The van der Waals surface area contributed by atoms with Crippen LogP contribution in [0.15, 0.2) is 60.9 Å². The van der Waals surface area contributed by atoms with Crippen LogP contribution in [-0.4, -0.2) is 20.2 Å². The van der Waals surface area contributed by atoms with Crippen molar-refractivity contribution >= 4 is 45.6 Å². The van der Waals surface area contributed by atoms with Crippen LogP contribution < -0.4 is 10.6 Å². The molecule has 0 saturated heterocycles. The van der Waals surface area contributed by atoms with Gasteiger partial charge in [0.2, 0.25) is 5.95 Å². The van der Waals surface area contributed by atoms with Gasteiger partial charge in [0.1, 0.15) is 5.82 Å². The summed E-state index contributed by atoms with van der Waals surface area (Å²) >= 11 is 5.94. The highest BCUT2D eigenvalue weighted by atomic mass is 35.5. The first-order chi connectivity index (χ1) is 11.8. The number of benzene rings is 2. The molecular formula is C17H13ClN6. The summed E-state index contributed by atoms with van der Waals surface area (Å²) in [5.41, 5.74) is 2.54. The second-order valence-electron chi connectivity index (χ2n) is 5.16. The molecule has 0 amide bonds. The monoisotopic (exact) mass is 336 g/mol. The van der Waals surface area contributed by atoms with E-state index in [1.807, 2.05) is 48.5 Å². The SMILES string of the molecule is Clc1ccc(Nc2nc(Nc3cn[nH]c3)nc3ccccc23)cc1. The predicted molar refractivity (Wildman–Crippen MR) is 96.1 cm³/mol. The molecule has 6 nitrogen and oxygen atoms in total. The lowest BCUT2D eigenvalue weighted by Crippen LogP contribution is -2.01. The Bertz CT molecular complexity index is 966. The van der Waals surface area contributed by atoms with Crippen molar-refractivity contribution in [2.45, 2.75) is 0 Å². The molecule has 2 heterocycles. The molecule has 0 atom stereocenters. The Labute approximate surface area is 142 Å². The summed E-state index contributed by atoms with van der Waals surface area (Å²) in [5, 5.41) is 14.7. The summed E-state index contributed by atoms with van der Waals surface area (Å²) in [7, 11) is 0. The van der Waals surface area contributed by atoms with Crippen LogP contribution in [0, 0.1) is 0 Å². The molecule has 2 aromatic carbocycles. The second kappa shape index (κ2) is 6.17. The first-order valence-electron chi connectivity index (χ1n) is 7.33. The number of rotatable bonds is 4.